The minimum absolute atomic E-state index is 0.407. The Hall–Kier alpha value is -1.51. The molecule has 0 unspecified atom stereocenters. The molecule has 0 spiro atoms. The lowest BCUT2D eigenvalue weighted by molar-refractivity contribution is 0.173. The molecule has 0 heterocycles. The van der Waals surface area contributed by atoms with Gasteiger partial charge in [-0.25, -0.2) is 4.79 Å². The van der Waals surface area contributed by atoms with Crippen LogP contribution in [0.3, 0.4) is 0 Å². The molecule has 1 rings (SSSR count). The molecule has 1 amide bonds. The van der Waals surface area contributed by atoms with Gasteiger partial charge in [0.05, 0.1) is 7.11 Å². The molecule has 72 valence electrons. The molecule has 0 saturated heterocycles. The van der Waals surface area contributed by atoms with Crippen LogP contribution in [0.2, 0.25) is 0 Å². The fourth-order valence-corrected chi connectivity index (χ4v) is 0.636. The van der Waals surface area contributed by atoms with Gasteiger partial charge in [0.15, 0.2) is 0 Å². The van der Waals surface area contributed by atoms with Gasteiger partial charge in [0, 0.05) is 7.05 Å². The molecule has 1 aromatic carbocycles. The highest BCUT2D eigenvalue weighted by atomic mass is 16.5. The largest absolute Gasteiger partial charge is 0.453 e. The van der Waals surface area contributed by atoms with Gasteiger partial charge in [-0.3, -0.25) is 0 Å². The third-order valence-corrected chi connectivity index (χ3v) is 1.33. The number of rotatable bonds is 0. The van der Waals surface area contributed by atoms with Crippen LogP contribution in [0.15, 0.2) is 30.3 Å². The molecule has 0 radical (unpaired) electrons. The molecule has 3 heteroatoms. The van der Waals surface area contributed by atoms with Crippen molar-refractivity contribution in [1.82, 2.24) is 5.32 Å². The van der Waals surface area contributed by atoms with Gasteiger partial charge in [0.2, 0.25) is 0 Å². The first-order chi connectivity index (χ1) is 6.20. The SMILES string of the molecule is CNC(=O)OC.Cc1ccccc1. The Bertz CT molecular complexity index is 228. The second-order valence-corrected chi connectivity index (χ2v) is 2.40. The maximum Gasteiger partial charge on any atom is 0.406 e. The van der Waals surface area contributed by atoms with Gasteiger partial charge in [0.1, 0.15) is 0 Å². The van der Waals surface area contributed by atoms with E-state index in [4.69, 9.17) is 0 Å². The lowest BCUT2D eigenvalue weighted by Gasteiger charge is -1.90. The van der Waals surface area contributed by atoms with Gasteiger partial charge in [-0.2, -0.15) is 0 Å². The predicted octanol–water partition coefficient (Wildman–Crippen LogP) is 1.97. The van der Waals surface area contributed by atoms with E-state index < -0.39 is 6.09 Å². The van der Waals surface area contributed by atoms with Crippen molar-refractivity contribution in [3.63, 3.8) is 0 Å². The summed E-state index contributed by atoms with van der Waals surface area (Å²) in [5.41, 5.74) is 1.32. The first-order valence-corrected chi connectivity index (χ1v) is 3.98. The monoisotopic (exact) mass is 181 g/mol. The van der Waals surface area contributed by atoms with Crippen molar-refractivity contribution < 1.29 is 9.53 Å². The van der Waals surface area contributed by atoms with E-state index in [-0.39, 0.29) is 0 Å². The van der Waals surface area contributed by atoms with Crippen molar-refractivity contribution in [1.29, 1.82) is 0 Å². The molecule has 0 fully saturated rings. The molecule has 13 heavy (non-hydrogen) atoms. The van der Waals surface area contributed by atoms with E-state index in [0.717, 1.165) is 0 Å². The Kier molecular flexibility index (Phi) is 6.32. The number of ether oxygens (including phenoxy) is 1. The summed E-state index contributed by atoms with van der Waals surface area (Å²) in [5.74, 6) is 0. The van der Waals surface area contributed by atoms with Crippen molar-refractivity contribution in [2.75, 3.05) is 14.2 Å². The van der Waals surface area contributed by atoms with Crippen molar-refractivity contribution in [3.8, 4) is 0 Å². The third-order valence-electron chi connectivity index (χ3n) is 1.33. The summed E-state index contributed by atoms with van der Waals surface area (Å²) in [7, 11) is 2.82. The number of hydrogen-bond acceptors (Lipinski definition) is 2. The molecule has 0 aliphatic heterocycles. The number of nitrogens with one attached hydrogen (secondary N) is 1. The Morgan fingerprint density at radius 1 is 1.31 bits per heavy atom. The van der Waals surface area contributed by atoms with Crippen LogP contribution in [0, 0.1) is 6.92 Å². The summed E-state index contributed by atoms with van der Waals surface area (Å²) in [4.78, 5) is 9.85. The number of hydrogen-bond donors (Lipinski definition) is 1. The van der Waals surface area contributed by atoms with Crippen LogP contribution in [-0.4, -0.2) is 20.3 Å². The van der Waals surface area contributed by atoms with Gasteiger partial charge in [-0.05, 0) is 6.92 Å². The number of methoxy groups -OCH3 is 1. The fourth-order valence-electron chi connectivity index (χ4n) is 0.636. The van der Waals surface area contributed by atoms with Crippen LogP contribution in [0.1, 0.15) is 5.56 Å². The number of amides is 1. The average Bonchev–Trinajstić information content (AvgIpc) is 2.19. The van der Waals surface area contributed by atoms with E-state index in [1.807, 2.05) is 18.2 Å². The molecule has 0 bridgehead atoms. The average molecular weight is 181 g/mol. The maximum absolute atomic E-state index is 9.85. The van der Waals surface area contributed by atoms with Gasteiger partial charge >= 0.3 is 6.09 Å². The summed E-state index contributed by atoms with van der Waals surface area (Å²) < 4.78 is 4.15. The van der Waals surface area contributed by atoms with Crippen molar-refractivity contribution in [2.45, 2.75) is 6.92 Å². The zero-order valence-corrected chi connectivity index (χ0v) is 8.20. The third kappa shape index (κ3) is 6.87. The molecule has 0 atom stereocenters. The molecule has 0 aliphatic rings. The number of alkyl carbamates (subject to hydrolysis) is 1. The van der Waals surface area contributed by atoms with Crippen molar-refractivity contribution in [2.24, 2.45) is 0 Å². The van der Waals surface area contributed by atoms with Crippen LogP contribution >= 0.6 is 0 Å². The lowest BCUT2D eigenvalue weighted by Crippen LogP contribution is -2.16. The van der Waals surface area contributed by atoms with E-state index in [2.05, 4.69) is 29.1 Å². The smallest absolute Gasteiger partial charge is 0.406 e. The van der Waals surface area contributed by atoms with E-state index in [9.17, 15) is 4.79 Å². The molecule has 0 saturated carbocycles. The summed E-state index contributed by atoms with van der Waals surface area (Å²) in [6.07, 6.45) is -0.407. The highest BCUT2D eigenvalue weighted by Crippen LogP contribution is 1.92. The standard InChI is InChI=1S/C7H8.C3H7NO2/c1-7-5-3-2-4-6-7;1-4-3(5)6-2/h2-6H,1H3;1-2H3,(H,4,5). The number of aryl methyl sites for hydroxylation is 1. The van der Waals surface area contributed by atoms with Crippen LogP contribution in [0.4, 0.5) is 4.79 Å². The highest BCUT2D eigenvalue weighted by molar-refractivity contribution is 5.66. The van der Waals surface area contributed by atoms with Crippen molar-refractivity contribution in [3.05, 3.63) is 35.9 Å². The zero-order chi connectivity index (χ0) is 10.1. The Balaban J connectivity index is 0.000000226. The van der Waals surface area contributed by atoms with E-state index in [1.54, 1.807) is 0 Å². The van der Waals surface area contributed by atoms with Crippen molar-refractivity contribution >= 4 is 6.09 Å². The molecular weight excluding hydrogens is 166 g/mol. The van der Waals surface area contributed by atoms with E-state index in [0.29, 0.717) is 0 Å². The number of carbonyl (C=O) groups excluding carboxylic acids is 1. The predicted molar refractivity (Wildman–Crippen MR) is 52.6 cm³/mol. The quantitative estimate of drug-likeness (QED) is 0.664. The first-order valence-electron chi connectivity index (χ1n) is 3.98. The minimum Gasteiger partial charge on any atom is -0.453 e. The Morgan fingerprint density at radius 3 is 2.00 bits per heavy atom. The Morgan fingerprint density at radius 2 is 1.85 bits per heavy atom. The molecule has 3 nitrogen and oxygen atoms in total. The van der Waals surface area contributed by atoms with E-state index >= 15 is 0 Å². The highest BCUT2D eigenvalue weighted by Gasteiger charge is 1.85. The topological polar surface area (TPSA) is 38.3 Å². The van der Waals surface area contributed by atoms with Gasteiger partial charge in [-0.15, -0.1) is 0 Å². The van der Waals surface area contributed by atoms with Crippen LogP contribution in [-0.2, 0) is 4.74 Å². The van der Waals surface area contributed by atoms with Crippen LogP contribution in [0.25, 0.3) is 0 Å². The van der Waals surface area contributed by atoms with Gasteiger partial charge < -0.3 is 10.1 Å². The normalized spacial score (nSPS) is 7.92. The van der Waals surface area contributed by atoms with Gasteiger partial charge in [-0.1, -0.05) is 35.9 Å². The summed E-state index contributed by atoms with van der Waals surface area (Å²) >= 11 is 0. The second kappa shape index (κ2) is 7.16. The van der Waals surface area contributed by atoms with E-state index in [1.165, 1.54) is 19.7 Å². The summed E-state index contributed by atoms with van der Waals surface area (Å²) in [6, 6.07) is 10.3. The molecule has 1 N–H and O–H groups in total. The number of benzene rings is 1. The van der Waals surface area contributed by atoms with Crippen LogP contribution in [0.5, 0.6) is 0 Å². The molecule has 0 aliphatic carbocycles. The summed E-state index contributed by atoms with van der Waals surface area (Å²) in [6.45, 7) is 2.08. The van der Waals surface area contributed by atoms with Gasteiger partial charge in [0.25, 0.3) is 0 Å². The summed E-state index contributed by atoms with van der Waals surface area (Å²) in [5, 5.41) is 2.25. The maximum atomic E-state index is 9.85. The lowest BCUT2D eigenvalue weighted by atomic mass is 10.2. The fraction of sp³-hybridized carbons (Fsp3) is 0.300. The Labute approximate surface area is 78.7 Å². The minimum atomic E-state index is -0.407. The number of carbonyl (C=O) groups is 1. The first kappa shape index (κ1) is 11.5. The molecule has 0 aromatic heterocycles. The van der Waals surface area contributed by atoms with Crippen LogP contribution < -0.4 is 5.32 Å². The zero-order valence-electron chi connectivity index (χ0n) is 8.20. The molecular formula is C10H15NO2. The second-order valence-electron chi connectivity index (χ2n) is 2.40. The molecule has 1 aromatic rings.